The first-order valence-corrected chi connectivity index (χ1v) is 28.3. The van der Waals surface area contributed by atoms with E-state index in [4.69, 9.17) is 31.4 Å². The summed E-state index contributed by atoms with van der Waals surface area (Å²) in [6.45, 7) is 7.12. The van der Waals surface area contributed by atoms with Gasteiger partial charge in [0.15, 0.2) is 11.2 Å². The maximum absolute atomic E-state index is 14.5. The Morgan fingerprint density at radius 2 is 1.59 bits per heavy atom. The van der Waals surface area contributed by atoms with Crippen molar-refractivity contribution in [1.29, 1.82) is 0 Å². The van der Waals surface area contributed by atoms with Crippen molar-refractivity contribution >= 4 is 66.4 Å². The Morgan fingerprint density at radius 3 is 2.21 bits per heavy atom. The summed E-state index contributed by atoms with van der Waals surface area (Å²) in [5.74, 6) is -0.761. The van der Waals surface area contributed by atoms with Gasteiger partial charge in [0.25, 0.3) is 5.56 Å². The monoisotopic (exact) mass is 893 g/mol. The minimum Gasteiger partial charge on any atom is -0.474 e. The second kappa shape index (κ2) is 17.2. The van der Waals surface area contributed by atoms with Crippen LogP contribution in [0.15, 0.2) is 29.7 Å². The third-order valence-electron chi connectivity index (χ3n) is 11.1. The zero-order valence-electron chi connectivity index (χ0n) is 32.7. The van der Waals surface area contributed by atoms with Crippen molar-refractivity contribution in [2.75, 3.05) is 13.2 Å². The quantitative estimate of drug-likeness (QED) is 0.0912. The second-order valence-corrected chi connectivity index (χ2v) is 30.4. The molecular weight excluding hydrogens is 841 g/mol. The minimum absolute atomic E-state index is 0.0104. The SMILES string of the molecule is CC(C)[Si](O)(O[Si](O[C@@H]1C2CO[P@@](=O)(S)O[C@H]3C[C@H](Oc4ccncn4)C[C@@H]3CO[P@](=O)(S)O[C@H]1[C@H](n1nnc3c(=O)[nH]cnc31)C2)(C(C)C)C(C)C)C(C)C. The van der Waals surface area contributed by atoms with Crippen molar-refractivity contribution in [2.24, 2.45) is 11.8 Å². The Kier molecular flexibility index (Phi) is 13.5. The summed E-state index contributed by atoms with van der Waals surface area (Å²) < 4.78 is 75.2. The molecule has 6 rings (SSSR count). The molecule has 3 aromatic heterocycles. The van der Waals surface area contributed by atoms with E-state index in [0.29, 0.717) is 18.7 Å². The average molecular weight is 894 g/mol. The zero-order chi connectivity index (χ0) is 40.8. The number of thiol groups is 2. The van der Waals surface area contributed by atoms with Crippen LogP contribution in [0.5, 0.6) is 5.88 Å². The van der Waals surface area contributed by atoms with E-state index < -0.39 is 78.6 Å². The molecule has 3 aromatic rings. The predicted octanol–water partition coefficient (Wildman–Crippen LogP) is 6.53. The van der Waals surface area contributed by atoms with Crippen LogP contribution >= 0.6 is 38.1 Å². The van der Waals surface area contributed by atoms with E-state index in [-0.39, 0.29) is 53.0 Å². The molecule has 1 aliphatic heterocycles. The summed E-state index contributed by atoms with van der Waals surface area (Å²) in [6.07, 6.45) is 1.78. The lowest BCUT2D eigenvalue weighted by Gasteiger charge is -2.48. The van der Waals surface area contributed by atoms with Crippen molar-refractivity contribution in [3.8, 4) is 5.88 Å². The van der Waals surface area contributed by atoms with Gasteiger partial charge in [0.2, 0.25) is 5.88 Å². The number of aromatic nitrogens is 7. The molecule has 2 bridgehead atoms. The molecule has 9 atom stereocenters. The number of rotatable bonds is 11. The fourth-order valence-corrected chi connectivity index (χ4v) is 21.2. The first kappa shape index (κ1) is 44.0. The summed E-state index contributed by atoms with van der Waals surface area (Å²) in [5.41, 5.74) is -1.08. The molecule has 3 aliphatic rings. The Labute approximate surface area is 338 Å². The minimum atomic E-state index is -4.25. The lowest BCUT2D eigenvalue weighted by atomic mass is 10.1. The Bertz CT molecular complexity index is 1970. The summed E-state index contributed by atoms with van der Waals surface area (Å²) in [6, 6.07) is 0.806. The molecule has 4 heterocycles. The standard InChI is InChI=1S/C32H53N7O11P2S2Si2/c1-18(2)55(43,19(3)4)50-56(20(5)6,21(7)8)49-29-23-12-25(39-31-28(37-38-39)32(40)36-17-35-31)30(29)48-52(42,54)44-14-22-11-24(46-27-9-10-33-16-34-27)13-26(22)47-51(41,53)45-15-23/h9-10,16-26,29-30,43H,11-15H2,1-8H3,(H,41,53)(H,42,54)(H,35,36,40)/t22-,23?,24-,25-,26+,29-,30+,51-,52+/m1/s1. The molecule has 312 valence electrons. The van der Waals surface area contributed by atoms with Crippen LogP contribution in [0.4, 0.5) is 0 Å². The predicted molar refractivity (Wildman–Crippen MR) is 217 cm³/mol. The van der Waals surface area contributed by atoms with Gasteiger partial charge in [0.1, 0.15) is 18.5 Å². The number of hydrogen-bond donors (Lipinski definition) is 4. The van der Waals surface area contributed by atoms with Crippen LogP contribution in [0.1, 0.15) is 80.7 Å². The Balaban J connectivity index is 1.42. The van der Waals surface area contributed by atoms with E-state index in [2.05, 4.69) is 54.7 Å². The maximum Gasteiger partial charge on any atom is 0.386 e. The van der Waals surface area contributed by atoms with E-state index >= 15 is 0 Å². The Morgan fingerprint density at radius 1 is 0.929 bits per heavy atom. The van der Waals surface area contributed by atoms with Crippen LogP contribution in [-0.2, 0) is 35.8 Å². The molecule has 0 spiro atoms. The fourth-order valence-electron chi connectivity index (χ4n) is 8.05. The van der Waals surface area contributed by atoms with Gasteiger partial charge >= 0.3 is 30.7 Å². The normalized spacial score (nSPS) is 32.2. The summed E-state index contributed by atoms with van der Waals surface area (Å²) >= 11 is 8.90. The topological polar surface area (TPSA) is 221 Å². The highest BCUT2D eigenvalue weighted by atomic mass is 32.7. The van der Waals surface area contributed by atoms with Crippen LogP contribution in [0.3, 0.4) is 0 Å². The average Bonchev–Trinajstić information content (AvgIpc) is 3.81. The number of aromatic amines is 1. The molecule has 2 saturated carbocycles. The summed E-state index contributed by atoms with van der Waals surface area (Å²) in [7, 11) is -6.94. The van der Waals surface area contributed by atoms with E-state index in [9.17, 15) is 18.7 Å². The van der Waals surface area contributed by atoms with E-state index in [1.165, 1.54) is 17.3 Å². The smallest absolute Gasteiger partial charge is 0.386 e. The number of H-pyrrole nitrogens is 1. The van der Waals surface area contributed by atoms with Crippen molar-refractivity contribution < 1.29 is 45.3 Å². The number of nitrogens with zero attached hydrogens (tertiary/aromatic N) is 6. The molecule has 1 unspecified atom stereocenters. The molecule has 2 N–H and O–H groups in total. The molecule has 18 nitrogen and oxygen atoms in total. The molecule has 0 radical (unpaired) electrons. The first-order valence-electron chi connectivity index (χ1n) is 18.9. The number of fused-ring (bicyclic) bond motifs is 4. The largest absolute Gasteiger partial charge is 0.474 e. The van der Waals surface area contributed by atoms with Crippen molar-refractivity contribution in [2.45, 2.75) is 127 Å². The van der Waals surface area contributed by atoms with Gasteiger partial charge in [0.05, 0.1) is 37.8 Å². The molecule has 56 heavy (non-hydrogen) atoms. The molecule has 1 saturated heterocycles. The van der Waals surface area contributed by atoms with Gasteiger partial charge in [-0.3, -0.25) is 13.8 Å². The molecule has 2 aliphatic carbocycles. The van der Waals surface area contributed by atoms with E-state index in [1.807, 2.05) is 55.4 Å². The molecule has 0 amide bonds. The summed E-state index contributed by atoms with van der Waals surface area (Å²) in [4.78, 5) is 39.9. The van der Waals surface area contributed by atoms with Crippen LogP contribution < -0.4 is 10.3 Å². The molecular formula is C32H53N7O11P2S2Si2. The van der Waals surface area contributed by atoms with Gasteiger partial charge in [0, 0.05) is 30.5 Å². The maximum atomic E-state index is 14.5. The number of nitrogens with one attached hydrogen (secondary N) is 1. The van der Waals surface area contributed by atoms with Crippen molar-refractivity contribution in [1.82, 2.24) is 34.9 Å². The molecule has 0 aromatic carbocycles. The third-order valence-corrected chi connectivity index (χ3v) is 24.1. The van der Waals surface area contributed by atoms with Crippen LogP contribution in [0.2, 0.25) is 22.2 Å². The van der Waals surface area contributed by atoms with Gasteiger partial charge < -0.3 is 32.1 Å². The highest BCUT2D eigenvalue weighted by Crippen LogP contribution is 2.62. The number of hydrogen-bond acceptors (Lipinski definition) is 16. The van der Waals surface area contributed by atoms with Crippen LogP contribution in [0.25, 0.3) is 11.2 Å². The van der Waals surface area contributed by atoms with Gasteiger partial charge in [-0.05, 0) is 35.0 Å². The highest BCUT2D eigenvalue weighted by Gasteiger charge is 2.60. The number of ether oxygens (including phenoxy) is 1. The van der Waals surface area contributed by atoms with E-state index in [0.717, 1.165) is 0 Å². The third kappa shape index (κ3) is 9.27. The summed E-state index contributed by atoms with van der Waals surface area (Å²) in [5, 5.41) is 8.41. The fraction of sp³-hybridized carbons (Fsp3) is 0.750. The zero-order valence-corrected chi connectivity index (χ0v) is 38.3. The second-order valence-electron chi connectivity index (χ2n) is 16.0. The lowest BCUT2D eigenvalue weighted by molar-refractivity contribution is -0.00206. The van der Waals surface area contributed by atoms with Gasteiger partial charge in [-0.2, -0.15) is 0 Å². The van der Waals surface area contributed by atoms with Gasteiger partial charge in [-0.1, -0.05) is 85.1 Å². The van der Waals surface area contributed by atoms with Crippen LogP contribution in [-0.4, -0.2) is 94.5 Å². The van der Waals surface area contributed by atoms with Crippen LogP contribution in [0, 0.1) is 11.8 Å². The first-order chi connectivity index (χ1) is 26.2. The van der Waals surface area contributed by atoms with Crippen molar-refractivity contribution in [3.05, 3.63) is 35.3 Å². The van der Waals surface area contributed by atoms with Gasteiger partial charge in [-0.15, -0.1) is 5.10 Å². The van der Waals surface area contributed by atoms with Crippen molar-refractivity contribution in [3.63, 3.8) is 0 Å². The molecule has 3 fully saturated rings. The van der Waals surface area contributed by atoms with E-state index in [1.54, 1.807) is 12.3 Å². The Hall–Kier alpha value is -1.53. The molecule has 24 heteroatoms. The lowest BCUT2D eigenvalue weighted by Crippen LogP contribution is -2.62. The highest BCUT2D eigenvalue weighted by molar-refractivity contribution is 8.44. The van der Waals surface area contributed by atoms with Gasteiger partial charge in [-0.25, -0.2) is 28.8 Å².